The van der Waals surface area contributed by atoms with Crippen LogP contribution in [-0.4, -0.2) is 85.2 Å². The number of nitrogens with zero attached hydrogens (tertiary/aromatic N) is 4. The Kier molecular flexibility index (Phi) is 15.0. The number of amides is 4. The molecule has 1 unspecified atom stereocenters. The second-order valence-electron chi connectivity index (χ2n) is 19.3. The number of hydrogen-bond donors (Lipinski definition) is 2. The molecule has 3 aliphatic rings. The molecule has 5 aromatic rings. The minimum Gasteiger partial charge on any atom is -0.469 e. The molecule has 370 valence electrons. The lowest BCUT2D eigenvalue weighted by Gasteiger charge is -2.31. The first-order valence-electron chi connectivity index (χ1n) is 24.2. The number of anilines is 2. The zero-order valence-corrected chi connectivity index (χ0v) is 41.7. The summed E-state index contributed by atoms with van der Waals surface area (Å²) in [6.07, 6.45) is 11.4. The van der Waals surface area contributed by atoms with Crippen molar-refractivity contribution >= 4 is 86.0 Å². The normalized spacial score (nSPS) is 16.7. The number of aromatic nitrogens is 3. The zero-order valence-electron chi connectivity index (χ0n) is 40.9. The second-order valence-corrected chi connectivity index (χ2v) is 20.8. The number of rotatable bonds is 14. The van der Waals surface area contributed by atoms with Gasteiger partial charge in [0.2, 0.25) is 11.8 Å². The van der Waals surface area contributed by atoms with Crippen molar-refractivity contribution in [3.05, 3.63) is 105 Å². The van der Waals surface area contributed by atoms with Gasteiger partial charge in [-0.1, -0.05) is 88.3 Å². The predicted molar refractivity (Wildman–Crippen MR) is 271 cm³/mol. The first-order valence-corrected chi connectivity index (χ1v) is 25.1. The number of nitrogens with one attached hydrogen (secondary N) is 2. The third kappa shape index (κ3) is 10.7. The molecule has 3 heterocycles. The topological polar surface area (TPSA) is 217 Å². The van der Waals surface area contributed by atoms with Crippen molar-refractivity contribution in [3.8, 4) is 11.3 Å². The van der Waals surface area contributed by atoms with Crippen molar-refractivity contribution in [2.24, 2.45) is 5.41 Å². The molecule has 2 aromatic heterocycles. The summed E-state index contributed by atoms with van der Waals surface area (Å²) in [6.45, 7) is 8.44. The van der Waals surface area contributed by atoms with E-state index in [-0.39, 0.29) is 65.1 Å². The predicted octanol–water partition coefficient (Wildman–Crippen LogP) is 9.16. The molecule has 1 fully saturated rings. The van der Waals surface area contributed by atoms with Gasteiger partial charge in [0.25, 0.3) is 11.8 Å². The number of carbonyl (C=O) groups is 7. The first-order chi connectivity index (χ1) is 33.9. The Morgan fingerprint density at radius 3 is 2.18 bits per heavy atom. The molecular formula is C54H58N6O10S. The summed E-state index contributed by atoms with van der Waals surface area (Å²) in [6, 6.07) is 14.9. The molecule has 0 saturated heterocycles. The number of fused-ring (bicyclic) bond motifs is 1. The molecule has 17 heteroatoms. The molecule has 4 amide bonds. The monoisotopic (exact) mass is 982 g/mol. The van der Waals surface area contributed by atoms with Crippen LogP contribution < -0.4 is 16.3 Å². The minimum absolute atomic E-state index is 0.0325. The molecule has 1 saturated carbocycles. The maximum atomic E-state index is 14.0. The van der Waals surface area contributed by atoms with Gasteiger partial charge in [0.05, 0.1) is 31.5 Å². The van der Waals surface area contributed by atoms with Crippen LogP contribution in [0, 0.1) is 5.41 Å². The van der Waals surface area contributed by atoms with Crippen LogP contribution in [-0.2, 0) is 35.3 Å². The maximum absolute atomic E-state index is 14.0. The van der Waals surface area contributed by atoms with E-state index in [0.717, 1.165) is 43.4 Å². The summed E-state index contributed by atoms with van der Waals surface area (Å²) < 4.78 is 12.1. The highest BCUT2D eigenvalue weighted by Gasteiger charge is 2.39. The van der Waals surface area contributed by atoms with Crippen LogP contribution in [0.2, 0.25) is 0 Å². The lowest BCUT2D eigenvalue weighted by molar-refractivity contribution is -0.141. The van der Waals surface area contributed by atoms with Crippen molar-refractivity contribution in [1.29, 1.82) is 0 Å². The number of esters is 1. The van der Waals surface area contributed by atoms with Crippen molar-refractivity contribution in [3.63, 3.8) is 0 Å². The number of ketones is 2. The van der Waals surface area contributed by atoms with E-state index in [9.17, 15) is 38.4 Å². The Morgan fingerprint density at radius 2 is 1.48 bits per heavy atom. The first kappa shape index (κ1) is 50.4. The van der Waals surface area contributed by atoms with Gasteiger partial charge in [-0.3, -0.25) is 43.1 Å². The summed E-state index contributed by atoms with van der Waals surface area (Å²) in [5, 5.41) is 15.1. The number of ether oxygens (including phenoxy) is 1. The highest BCUT2D eigenvalue weighted by Crippen LogP contribution is 2.40. The van der Waals surface area contributed by atoms with Gasteiger partial charge in [0.15, 0.2) is 11.6 Å². The smallest absolute Gasteiger partial charge is 0.360 e. The van der Waals surface area contributed by atoms with E-state index in [1.165, 1.54) is 48.9 Å². The number of methoxy groups -OCH3 is 1. The van der Waals surface area contributed by atoms with Crippen molar-refractivity contribution < 1.29 is 42.7 Å². The van der Waals surface area contributed by atoms with Crippen molar-refractivity contribution in [2.45, 2.75) is 122 Å². The maximum Gasteiger partial charge on any atom is 0.360 e. The molecule has 2 N–H and O–H groups in total. The van der Waals surface area contributed by atoms with Crippen molar-refractivity contribution in [2.75, 3.05) is 24.3 Å². The quantitative estimate of drug-likeness (QED) is 0.0460. The molecule has 1 aliphatic heterocycles. The van der Waals surface area contributed by atoms with E-state index in [2.05, 4.69) is 20.9 Å². The highest BCUT2D eigenvalue weighted by molar-refractivity contribution is 8.01. The SMILES string of the molecule is COC(=O)CC(SC1CCCCCCCCC1)C(=O)Nc1cc2ccc(-c3cn(CCN4C(=O)c5cccc6c(NC(=O)CC(C)(C)C7=C(C)C(=O)C(C)=C(C)C7=O)ccc(c56)C4=O)nn3)cc2oc1=O. The van der Waals surface area contributed by atoms with Crippen LogP contribution in [0.4, 0.5) is 11.4 Å². The van der Waals surface area contributed by atoms with Gasteiger partial charge in [-0.2, -0.15) is 0 Å². The Balaban J connectivity index is 0.920. The minimum atomic E-state index is -0.974. The zero-order chi connectivity index (χ0) is 50.7. The molecule has 0 radical (unpaired) electrons. The van der Waals surface area contributed by atoms with Crippen LogP contribution in [0.25, 0.3) is 33.0 Å². The molecule has 0 bridgehead atoms. The summed E-state index contributed by atoms with van der Waals surface area (Å²) in [5.74, 6) is -2.88. The number of hydrogen-bond acceptors (Lipinski definition) is 13. The molecule has 3 aromatic carbocycles. The van der Waals surface area contributed by atoms with E-state index < -0.39 is 45.9 Å². The lowest BCUT2D eigenvalue weighted by atomic mass is 9.71. The summed E-state index contributed by atoms with van der Waals surface area (Å²) in [4.78, 5) is 108. The van der Waals surface area contributed by atoms with Crippen LogP contribution in [0.15, 0.2) is 92.3 Å². The fraction of sp³-hybridized carbons (Fsp3) is 0.407. The summed E-state index contributed by atoms with van der Waals surface area (Å²) >= 11 is 1.48. The standard InChI is InChI=1S/C54H58N6O10S/c1-30-31(2)49(64)47(32(3)48(30)63)54(4,5)28-44(61)55-39-22-21-38-46-36(39)17-14-18-37(46)51(66)60(52(38)67)24-23-59-29-41(57-58-59)33-19-20-34-25-40(53(68)70-42(34)26-33)56-50(65)43(27-45(62)69-6)71-35-15-12-10-8-7-9-11-13-16-35/h14,17-22,25-26,29,35,43H,7-13,15-16,23-24,27-28H2,1-6H3,(H,55,61)(H,56,65). The third-order valence-corrected chi connectivity index (χ3v) is 15.5. The van der Waals surface area contributed by atoms with Crippen LogP contribution in [0.3, 0.4) is 0 Å². The highest BCUT2D eigenvalue weighted by atomic mass is 32.2. The largest absolute Gasteiger partial charge is 0.469 e. The second kappa shape index (κ2) is 21.1. The van der Waals surface area contributed by atoms with Gasteiger partial charge in [0, 0.05) is 84.5 Å². The lowest BCUT2D eigenvalue weighted by Crippen LogP contribution is -2.42. The average Bonchev–Trinajstić information content (AvgIpc) is 3.82. The van der Waals surface area contributed by atoms with E-state index in [0.29, 0.717) is 55.4 Å². The van der Waals surface area contributed by atoms with Gasteiger partial charge in [-0.15, -0.1) is 16.9 Å². The number of Topliss-reactive ketones (excluding diaryl/α,β-unsaturated/α-hetero) is 2. The van der Waals surface area contributed by atoms with Crippen molar-refractivity contribution in [1.82, 2.24) is 19.9 Å². The number of carbonyl (C=O) groups excluding carboxylic acids is 7. The van der Waals surface area contributed by atoms with Crippen LogP contribution >= 0.6 is 11.8 Å². The van der Waals surface area contributed by atoms with E-state index in [1.807, 2.05) is 0 Å². The molecule has 71 heavy (non-hydrogen) atoms. The van der Waals surface area contributed by atoms with Crippen LogP contribution in [0.5, 0.6) is 0 Å². The molecule has 16 nitrogen and oxygen atoms in total. The molecule has 1 atom stereocenters. The fourth-order valence-corrected chi connectivity index (χ4v) is 11.4. The van der Waals surface area contributed by atoms with Gasteiger partial charge in [-0.25, -0.2) is 4.79 Å². The van der Waals surface area contributed by atoms with Gasteiger partial charge >= 0.3 is 11.6 Å². The van der Waals surface area contributed by atoms with E-state index in [1.54, 1.807) is 89.3 Å². The van der Waals surface area contributed by atoms with E-state index in [4.69, 9.17) is 9.15 Å². The number of benzene rings is 3. The van der Waals surface area contributed by atoms with Crippen LogP contribution in [0.1, 0.15) is 126 Å². The average molecular weight is 983 g/mol. The summed E-state index contributed by atoms with van der Waals surface area (Å²) in [5.41, 5.74) is 1.84. The molecule has 8 rings (SSSR count). The van der Waals surface area contributed by atoms with Gasteiger partial charge in [0.1, 0.15) is 17.0 Å². The molecule has 0 spiro atoms. The number of thioether (sulfide) groups is 1. The number of allylic oxidation sites excluding steroid dienone is 4. The molecule has 2 aliphatic carbocycles. The Hall–Kier alpha value is -7.01. The fourth-order valence-electron chi connectivity index (χ4n) is 9.94. The Bertz CT molecular complexity index is 3110. The Morgan fingerprint density at radius 1 is 0.803 bits per heavy atom. The summed E-state index contributed by atoms with van der Waals surface area (Å²) in [7, 11) is 1.29. The molecular weight excluding hydrogens is 925 g/mol. The van der Waals surface area contributed by atoms with Gasteiger partial charge < -0.3 is 19.8 Å². The Labute approximate surface area is 415 Å². The van der Waals surface area contributed by atoms with Gasteiger partial charge in [-0.05, 0) is 63.9 Å². The number of imide groups is 1. The van der Waals surface area contributed by atoms with E-state index >= 15 is 0 Å². The third-order valence-electron chi connectivity index (χ3n) is 13.9.